The van der Waals surface area contributed by atoms with Crippen molar-refractivity contribution in [3.05, 3.63) is 18.5 Å². The monoisotopic (exact) mass is 371 g/mol. The van der Waals surface area contributed by atoms with Crippen molar-refractivity contribution in [2.75, 3.05) is 31.1 Å². The van der Waals surface area contributed by atoms with Gasteiger partial charge in [0.15, 0.2) is 0 Å². The van der Waals surface area contributed by atoms with Gasteiger partial charge in [0.05, 0.1) is 5.92 Å². The maximum Gasteiger partial charge on any atom is 0.406 e. The van der Waals surface area contributed by atoms with Gasteiger partial charge < -0.3 is 15.1 Å². The summed E-state index contributed by atoms with van der Waals surface area (Å²) in [4.78, 5) is 35.2. The molecular formula is C16H20F3N5O2. The third kappa shape index (κ3) is 4.61. The number of hydrogen-bond acceptors (Lipinski definition) is 5. The molecule has 1 aromatic rings. The van der Waals surface area contributed by atoms with Crippen LogP contribution < -0.4 is 10.2 Å². The molecule has 0 saturated carbocycles. The molecule has 0 bridgehead atoms. The van der Waals surface area contributed by atoms with Gasteiger partial charge in [-0.15, -0.1) is 0 Å². The lowest BCUT2D eigenvalue weighted by atomic mass is 10.0. The minimum Gasteiger partial charge on any atom is -0.351 e. The third-order valence-corrected chi connectivity index (χ3v) is 4.56. The second kappa shape index (κ2) is 7.46. The molecule has 2 amide bonds. The van der Waals surface area contributed by atoms with Crippen LogP contribution >= 0.6 is 0 Å². The predicted molar refractivity (Wildman–Crippen MR) is 86.2 cm³/mol. The van der Waals surface area contributed by atoms with Crippen molar-refractivity contribution in [2.24, 2.45) is 5.92 Å². The highest BCUT2D eigenvalue weighted by Crippen LogP contribution is 2.24. The number of nitrogens with zero attached hydrogens (tertiary/aromatic N) is 4. The Morgan fingerprint density at radius 2 is 2.00 bits per heavy atom. The van der Waals surface area contributed by atoms with E-state index < -0.39 is 24.5 Å². The van der Waals surface area contributed by atoms with Crippen molar-refractivity contribution < 1.29 is 22.8 Å². The second-order valence-corrected chi connectivity index (χ2v) is 6.63. The molecule has 3 heterocycles. The Kier molecular flexibility index (Phi) is 5.28. The van der Waals surface area contributed by atoms with Gasteiger partial charge in [-0.1, -0.05) is 0 Å². The van der Waals surface area contributed by atoms with E-state index >= 15 is 0 Å². The average molecular weight is 371 g/mol. The first kappa shape index (κ1) is 18.4. The van der Waals surface area contributed by atoms with Crippen LogP contribution in [-0.2, 0) is 9.59 Å². The first-order chi connectivity index (χ1) is 12.3. The summed E-state index contributed by atoms with van der Waals surface area (Å²) < 4.78 is 37.4. The lowest BCUT2D eigenvalue weighted by Gasteiger charge is -2.33. The Balaban J connectivity index is 1.54. The van der Waals surface area contributed by atoms with Gasteiger partial charge in [0.1, 0.15) is 6.54 Å². The minimum atomic E-state index is -4.46. The molecule has 0 radical (unpaired) electrons. The number of carbonyl (C=O) groups excluding carboxylic acids is 2. The number of amides is 2. The van der Waals surface area contributed by atoms with Gasteiger partial charge >= 0.3 is 6.18 Å². The molecule has 2 atom stereocenters. The van der Waals surface area contributed by atoms with Gasteiger partial charge in [0.2, 0.25) is 17.8 Å². The number of hydrogen-bond donors (Lipinski definition) is 1. The van der Waals surface area contributed by atoms with Crippen molar-refractivity contribution in [2.45, 2.75) is 31.5 Å². The molecule has 7 nitrogen and oxygen atoms in total. The lowest BCUT2D eigenvalue weighted by Crippen LogP contribution is -2.50. The lowest BCUT2D eigenvalue weighted by molar-refractivity contribution is -0.157. The van der Waals surface area contributed by atoms with Gasteiger partial charge in [-0.05, 0) is 18.9 Å². The fraction of sp³-hybridized carbons (Fsp3) is 0.625. The first-order valence-corrected chi connectivity index (χ1v) is 8.49. The van der Waals surface area contributed by atoms with E-state index in [1.165, 1.54) is 0 Å². The van der Waals surface area contributed by atoms with E-state index in [1.54, 1.807) is 18.5 Å². The second-order valence-electron chi connectivity index (χ2n) is 6.63. The van der Waals surface area contributed by atoms with Crippen LogP contribution in [0.4, 0.5) is 19.1 Å². The van der Waals surface area contributed by atoms with Gasteiger partial charge in [-0.2, -0.15) is 13.2 Å². The number of halogens is 3. The maximum atomic E-state index is 12.5. The number of alkyl halides is 3. The number of carbonyl (C=O) groups is 2. The Morgan fingerprint density at radius 1 is 1.27 bits per heavy atom. The highest BCUT2D eigenvalue weighted by Gasteiger charge is 2.41. The standard InChI is InChI=1S/C16H20F3N5O2/c17-16(18,19)10-24-8-11(7-13(24)25)14(26)22-12-3-1-6-23(9-12)15-20-4-2-5-21-15/h2,4-5,11-12H,1,3,6-10H2,(H,22,26)/t11-,12-/m0/s1. The molecule has 2 saturated heterocycles. The largest absolute Gasteiger partial charge is 0.406 e. The predicted octanol–water partition coefficient (Wildman–Crippen LogP) is 0.972. The summed E-state index contributed by atoms with van der Waals surface area (Å²) in [5.41, 5.74) is 0. The Hall–Kier alpha value is -2.39. The van der Waals surface area contributed by atoms with Crippen LogP contribution in [0.3, 0.4) is 0 Å². The highest BCUT2D eigenvalue weighted by molar-refractivity contribution is 5.89. The van der Waals surface area contributed by atoms with Crippen LogP contribution in [-0.4, -0.2) is 65.1 Å². The van der Waals surface area contributed by atoms with E-state index in [0.717, 1.165) is 19.4 Å². The quantitative estimate of drug-likeness (QED) is 0.854. The van der Waals surface area contributed by atoms with Crippen molar-refractivity contribution in [3.8, 4) is 0 Å². The van der Waals surface area contributed by atoms with Crippen molar-refractivity contribution in [1.29, 1.82) is 0 Å². The van der Waals surface area contributed by atoms with E-state index in [1.807, 2.05) is 4.90 Å². The van der Waals surface area contributed by atoms with Gasteiger partial charge in [-0.25, -0.2) is 9.97 Å². The molecule has 0 aliphatic carbocycles. The van der Waals surface area contributed by atoms with E-state index in [0.29, 0.717) is 17.4 Å². The van der Waals surface area contributed by atoms with Crippen molar-refractivity contribution in [3.63, 3.8) is 0 Å². The molecule has 2 aliphatic heterocycles. The zero-order valence-corrected chi connectivity index (χ0v) is 14.1. The SMILES string of the molecule is O=C(N[C@H]1CCCN(c2ncccn2)C1)[C@H]1CC(=O)N(CC(F)(F)F)C1. The van der Waals surface area contributed by atoms with Crippen LogP contribution in [0.1, 0.15) is 19.3 Å². The molecule has 0 aromatic carbocycles. The Labute approximate surface area is 148 Å². The van der Waals surface area contributed by atoms with E-state index in [2.05, 4.69) is 15.3 Å². The zero-order valence-electron chi connectivity index (χ0n) is 14.1. The molecule has 1 aromatic heterocycles. The zero-order chi connectivity index (χ0) is 18.7. The number of aromatic nitrogens is 2. The smallest absolute Gasteiger partial charge is 0.351 e. The average Bonchev–Trinajstić information content (AvgIpc) is 2.95. The van der Waals surface area contributed by atoms with Crippen LogP contribution in [0, 0.1) is 5.92 Å². The normalized spacial score (nSPS) is 24.0. The summed E-state index contributed by atoms with van der Waals surface area (Å²) in [6.07, 6.45) is 0.254. The number of anilines is 1. The number of nitrogens with one attached hydrogen (secondary N) is 1. The molecule has 2 fully saturated rings. The van der Waals surface area contributed by atoms with Crippen molar-refractivity contribution in [1.82, 2.24) is 20.2 Å². The van der Waals surface area contributed by atoms with Gasteiger partial charge in [0.25, 0.3) is 0 Å². The maximum absolute atomic E-state index is 12.5. The topological polar surface area (TPSA) is 78.4 Å². The Bertz CT molecular complexity index is 655. The number of piperidine rings is 1. The molecule has 142 valence electrons. The molecular weight excluding hydrogens is 351 g/mol. The van der Waals surface area contributed by atoms with Crippen molar-refractivity contribution >= 4 is 17.8 Å². The molecule has 26 heavy (non-hydrogen) atoms. The third-order valence-electron chi connectivity index (χ3n) is 4.56. The number of likely N-dealkylation sites (tertiary alicyclic amines) is 1. The van der Waals surface area contributed by atoms with Gasteiger partial charge in [0, 0.05) is 44.5 Å². The van der Waals surface area contributed by atoms with Crippen LogP contribution in [0.2, 0.25) is 0 Å². The molecule has 0 spiro atoms. The molecule has 10 heteroatoms. The summed E-state index contributed by atoms with van der Waals surface area (Å²) in [5, 5.41) is 2.87. The summed E-state index contributed by atoms with van der Waals surface area (Å²) in [7, 11) is 0. The van der Waals surface area contributed by atoms with Crippen LogP contribution in [0.15, 0.2) is 18.5 Å². The van der Waals surface area contributed by atoms with Gasteiger partial charge in [-0.3, -0.25) is 9.59 Å². The Morgan fingerprint density at radius 3 is 2.69 bits per heavy atom. The summed E-state index contributed by atoms with van der Waals surface area (Å²) in [6, 6.07) is 1.57. The highest BCUT2D eigenvalue weighted by atomic mass is 19.4. The van der Waals surface area contributed by atoms with E-state index in [9.17, 15) is 22.8 Å². The first-order valence-electron chi connectivity index (χ1n) is 8.49. The molecule has 1 N–H and O–H groups in total. The molecule has 0 unspecified atom stereocenters. The minimum absolute atomic E-state index is 0.146. The fourth-order valence-electron chi connectivity index (χ4n) is 3.37. The molecule has 2 aliphatic rings. The fourth-order valence-corrected chi connectivity index (χ4v) is 3.37. The summed E-state index contributed by atoms with van der Waals surface area (Å²) >= 11 is 0. The number of rotatable bonds is 4. The summed E-state index contributed by atoms with van der Waals surface area (Å²) in [5.74, 6) is -1.17. The molecule has 3 rings (SSSR count). The van der Waals surface area contributed by atoms with Crippen LogP contribution in [0.5, 0.6) is 0 Å². The van der Waals surface area contributed by atoms with E-state index in [4.69, 9.17) is 0 Å². The van der Waals surface area contributed by atoms with E-state index in [-0.39, 0.29) is 24.9 Å². The summed E-state index contributed by atoms with van der Waals surface area (Å²) in [6.45, 7) is -0.194. The van der Waals surface area contributed by atoms with Crippen LogP contribution in [0.25, 0.3) is 0 Å².